The molecule has 36 heavy (non-hydrogen) atoms. The number of hydrogen-bond acceptors (Lipinski definition) is 8. The number of amides is 5. The highest BCUT2D eigenvalue weighted by Crippen LogP contribution is 2.12. The van der Waals surface area contributed by atoms with Gasteiger partial charge in [0.05, 0.1) is 12.5 Å². The summed E-state index contributed by atoms with van der Waals surface area (Å²) in [4.78, 5) is 73.5. The molecule has 1 rings (SSSR count). The third-order valence-electron chi connectivity index (χ3n) is 5.27. The van der Waals surface area contributed by atoms with Crippen LogP contribution in [-0.2, 0) is 35.2 Å². The van der Waals surface area contributed by atoms with E-state index in [-0.39, 0.29) is 12.2 Å². The Balaban J connectivity index is 2.94. The molecule has 0 aliphatic heterocycles. The number of aromatic hydroxyl groups is 1. The second-order valence-corrected chi connectivity index (χ2v) is 8.69. The summed E-state index contributed by atoms with van der Waals surface area (Å²) in [5, 5.41) is 23.6. The van der Waals surface area contributed by atoms with Crippen molar-refractivity contribution in [1.82, 2.24) is 15.5 Å². The van der Waals surface area contributed by atoms with E-state index in [9.17, 15) is 39.0 Å². The number of rotatable bonds is 12. The minimum absolute atomic E-state index is 0.0598. The van der Waals surface area contributed by atoms with Gasteiger partial charge in [-0.25, -0.2) is 4.79 Å². The minimum atomic E-state index is -1.84. The first-order chi connectivity index (χ1) is 16.6. The highest BCUT2D eigenvalue weighted by molar-refractivity contribution is 6.03. The normalized spacial score (nSPS) is 14.2. The predicted octanol–water partition coefficient (Wildman–Crippen LogP) is -1.39. The van der Waals surface area contributed by atoms with Gasteiger partial charge in [-0.05, 0) is 37.0 Å². The molecule has 0 fully saturated rings. The molecule has 0 saturated heterocycles. The molecule has 8 N–H and O–H groups in total. The van der Waals surface area contributed by atoms with Gasteiger partial charge in [-0.3, -0.25) is 28.9 Å². The summed E-state index contributed by atoms with van der Waals surface area (Å²) in [6.07, 6.45) is -0.664. The van der Waals surface area contributed by atoms with E-state index in [1.54, 1.807) is 26.0 Å². The zero-order valence-electron chi connectivity index (χ0n) is 20.6. The number of carboxylic acid groups (broad SMARTS) is 1. The summed E-state index contributed by atoms with van der Waals surface area (Å²) in [7, 11) is 0. The van der Waals surface area contributed by atoms with E-state index in [2.05, 4.69) is 10.6 Å². The van der Waals surface area contributed by atoms with Crippen LogP contribution in [0.2, 0.25) is 0 Å². The van der Waals surface area contributed by atoms with Gasteiger partial charge in [0.25, 0.3) is 5.91 Å². The lowest BCUT2D eigenvalue weighted by Gasteiger charge is -2.29. The van der Waals surface area contributed by atoms with Crippen LogP contribution < -0.4 is 22.1 Å². The van der Waals surface area contributed by atoms with Crippen molar-refractivity contribution in [2.45, 2.75) is 64.7 Å². The Morgan fingerprint density at radius 1 is 0.972 bits per heavy atom. The highest BCUT2D eigenvalue weighted by Gasteiger charge is 2.37. The number of phenolic OH excluding ortho intramolecular Hbond substituents is 1. The maximum Gasteiger partial charge on any atom is 0.327 e. The number of primary amides is 1. The van der Waals surface area contributed by atoms with Crippen LogP contribution in [0.1, 0.15) is 39.7 Å². The molecule has 0 unspecified atom stereocenters. The van der Waals surface area contributed by atoms with Crippen molar-refractivity contribution in [3.05, 3.63) is 29.8 Å². The number of benzene rings is 1. The molecule has 1 aromatic rings. The summed E-state index contributed by atoms with van der Waals surface area (Å²) >= 11 is 0. The Labute approximate surface area is 208 Å². The van der Waals surface area contributed by atoms with Crippen molar-refractivity contribution >= 4 is 35.5 Å². The van der Waals surface area contributed by atoms with Gasteiger partial charge in [0.1, 0.15) is 23.9 Å². The fraction of sp³-hybridized carbons (Fsp3) is 0.478. The fourth-order valence-corrected chi connectivity index (χ4v) is 3.36. The van der Waals surface area contributed by atoms with E-state index in [1.807, 2.05) is 0 Å². The summed E-state index contributed by atoms with van der Waals surface area (Å²) in [6, 6.07) is 0.769. The van der Waals surface area contributed by atoms with E-state index in [0.717, 1.165) is 6.92 Å². The number of imide groups is 1. The summed E-state index contributed by atoms with van der Waals surface area (Å²) in [5.74, 6) is -6.44. The molecule has 0 bridgehead atoms. The molecule has 0 aliphatic carbocycles. The first kappa shape index (κ1) is 30.0. The first-order valence-corrected chi connectivity index (χ1v) is 11.1. The average molecular weight is 508 g/mol. The highest BCUT2D eigenvalue weighted by atomic mass is 16.4. The van der Waals surface area contributed by atoms with Crippen molar-refractivity contribution in [3.8, 4) is 5.75 Å². The van der Waals surface area contributed by atoms with Crippen LogP contribution in [-0.4, -0.2) is 74.8 Å². The largest absolute Gasteiger partial charge is 0.508 e. The lowest BCUT2D eigenvalue weighted by atomic mass is 10.0. The number of carbonyl (C=O) groups is 6. The van der Waals surface area contributed by atoms with Crippen LogP contribution in [0.5, 0.6) is 5.75 Å². The minimum Gasteiger partial charge on any atom is -0.508 e. The molecule has 0 spiro atoms. The number of nitrogens with zero attached hydrogens (tertiary/aromatic N) is 1. The molecule has 13 nitrogen and oxygen atoms in total. The number of nitrogens with two attached hydrogens (primary N) is 2. The van der Waals surface area contributed by atoms with Crippen molar-refractivity contribution in [2.75, 3.05) is 0 Å². The van der Waals surface area contributed by atoms with E-state index < -0.39 is 72.0 Å². The number of aliphatic carboxylic acids is 1. The third-order valence-corrected chi connectivity index (χ3v) is 5.27. The van der Waals surface area contributed by atoms with Crippen LogP contribution >= 0.6 is 0 Å². The van der Waals surface area contributed by atoms with Gasteiger partial charge in [0, 0.05) is 6.92 Å². The molecular weight excluding hydrogens is 474 g/mol. The van der Waals surface area contributed by atoms with Crippen LogP contribution in [0.15, 0.2) is 24.3 Å². The van der Waals surface area contributed by atoms with Gasteiger partial charge in [0.15, 0.2) is 0 Å². The van der Waals surface area contributed by atoms with Gasteiger partial charge < -0.3 is 32.3 Å². The van der Waals surface area contributed by atoms with Gasteiger partial charge in [-0.2, -0.15) is 0 Å². The molecule has 0 saturated carbocycles. The van der Waals surface area contributed by atoms with E-state index in [4.69, 9.17) is 11.5 Å². The molecule has 198 valence electrons. The Hall–Kier alpha value is -4.00. The van der Waals surface area contributed by atoms with Gasteiger partial charge in [0.2, 0.25) is 23.6 Å². The number of phenols is 1. The monoisotopic (exact) mass is 507 g/mol. The lowest BCUT2D eigenvalue weighted by molar-refractivity contribution is -0.159. The topological polar surface area (TPSA) is 222 Å². The Bertz CT molecular complexity index is 995. The van der Waals surface area contributed by atoms with E-state index in [0.29, 0.717) is 10.5 Å². The number of nitrogens with one attached hydrogen (secondary N) is 2. The summed E-state index contributed by atoms with van der Waals surface area (Å²) in [6.45, 7) is 5.47. The van der Waals surface area contributed by atoms with E-state index >= 15 is 0 Å². The molecule has 0 heterocycles. The third kappa shape index (κ3) is 8.65. The number of hydrogen-bond donors (Lipinski definition) is 6. The molecular formula is C23H33N5O8. The second-order valence-electron chi connectivity index (χ2n) is 8.69. The summed E-state index contributed by atoms with van der Waals surface area (Å²) in [5.41, 5.74) is 11.7. The SMILES string of the molecule is CC(=O)N(C(=O)[C@H](C)NC(=O)[C@@H](NC(=O)[C@@H](N)Cc1ccc(O)cc1)C(C)C)[C@@H](CC(N)=O)C(=O)O. The molecule has 4 atom stereocenters. The zero-order chi connectivity index (χ0) is 27.7. The van der Waals surface area contributed by atoms with Gasteiger partial charge in [-0.15, -0.1) is 0 Å². The molecule has 0 aliphatic rings. The molecule has 13 heteroatoms. The van der Waals surface area contributed by atoms with Crippen LogP contribution in [0.3, 0.4) is 0 Å². The molecule has 0 aromatic heterocycles. The lowest BCUT2D eigenvalue weighted by Crippen LogP contribution is -2.59. The van der Waals surface area contributed by atoms with E-state index in [1.165, 1.54) is 19.1 Å². The van der Waals surface area contributed by atoms with Crippen LogP contribution in [0.25, 0.3) is 0 Å². The molecule has 0 radical (unpaired) electrons. The zero-order valence-corrected chi connectivity index (χ0v) is 20.6. The smallest absolute Gasteiger partial charge is 0.327 e. The fourth-order valence-electron chi connectivity index (χ4n) is 3.36. The van der Waals surface area contributed by atoms with Crippen molar-refractivity contribution in [3.63, 3.8) is 0 Å². The number of carboxylic acids is 1. The van der Waals surface area contributed by atoms with Gasteiger partial charge >= 0.3 is 5.97 Å². The van der Waals surface area contributed by atoms with Gasteiger partial charge in [-0.1, -0.05) is 26.0 Å². The second kappa shape index (κ2) is 13.2. The summed E-state index contributed by atoms with van der Waals surface area (Å²) < 4.78 is 0. The standard InChI is InChI=1S/C23H33N5O8/c1-11(2)19(27-20(32)16(24)9-14-5-7-15(30)8-6-14)21(33)26-12(3)22(34)28(13(4)29)17(23(35)36)10-18(25)31/h5-8,11-12,16-17,19,30H,9-10,24H2,1-4H3,(H2,25,31)(H,26,33)(H,27,32)(H,35,36)/t12-,16-,17-,19-/m0/s1. The quantitative estimate of drug-likeness (QED) is 0.196. The Morgan fingerprint density at radius 2 is 1.53 bits per heavy atom. The van der Waals surface area contributed by atoms with Crippen LogP contribution in [0.4, 0.5) is 0 Å². The van der Waals surface area contributed by atoms with Crippen LogP contribution in [0, 0.1) is 5.92 Å². The Morgan fingerprint density at radius 3 is 1.97 bits per heavy atom. The van der Waals surface area contributed by atoms with Crippen molar-refractivity contribution < 1.29 is 39.0 Å². The molecule has 1 aromatic carbocycles. The molecule has 5 amide bonds. The predicted molar refractivity (Wildman–Crippen MR) is 127 cm³/mol. The van der Waals surface area contributed by atoms with Crippen molar-refractivity contribution in [1.29, 1.82) is 0 Å². The maximum absolute atomic E-state index is 12.9. The number of carbonyl (C=O) groups excluding carboxylic acids is 5. The first-order valence-electron chi connectivity index (χ1n) is 11.1. The maximum atomic E-state index is 12.9. The average Bonchev–Trinajstić information content (AvgIpc) is 2.77. The van der Waals surface area contributed by atoms with Crippen molar-refractivity contribution in [2.24, 2.45) is 17.4 Å². The Kier molecular flexibility index (Phi) is 11.0.